The number of likely N-dealkylation sites (N-methyl/N-ethyl adjacent to an activating group) is 1. The average molecular weight is 301 g/mol. The van der Waals surface area contributed by atoms with Crippen LogP contribution >= 0.6 is 0 Å². The number of hydrogen-bond acceptors (Lipinski definition) is 3. The maximum Gasteiger partial charge on any atom is 0.416 e. The number of rotatable bonds is 4. The van der Waals surface area contributed by atoms with Crippen LogP contribution in [-0.2, 0) is 6.18 Å². The van der Waals surface area contributed by atoms with E-state index in [9.17, 15) is 13.2 Å². The Labute approximate surface area is 123 Å². The van der Waals surface area contributed by atoms with E-state index in [1.807, 2.05) is 13.8 Å². The monoisotopic (exact) mass is 301 g/mol. The molecule has 1 atom stereocenters. The van der Waals surface area contributed by atoms with Crippen LogP contribution in [0.3, 0.4) is 0 Å². The van der Waals surface area contributed by atoms with Gasteiger partial charge in [0.2, 0.25) is 0 Å². The second-order valence-corrected chi connectivity index (χ2v) is 6.03. The summed E-state index contributed by atoms with van der Waals surface area (Å²) in [6, 6.07) is 0.626. The lowest BCUT2D eigenvalue weighted by molar-refractivity contribution is -0.138. The highest BCUT2D eigenvalue weighted by atomic mass is 19.4. The first-order chi connectivity index (χ1) is 9.78. The highest BCUT2D eigenvalue weighted by Gasteiger charge is 2.42. The van der Waals surface area contributed by atoms with Crippen LogP contribution in [0.2, 0.25) is 0 Å². The Kier molecular flexibility index (Phi) is 4.58. The van der Waals surface area contributed by atoms with Crippen LogP contribution in [0.5, 0.6) is 0 Å². The summed E-state index contributed by atoms with van der Waals surface area (Å²) < 4.78 is 39.7. The minimum absolute atomic E-state index is 0.212. The number of halogens is 3. The van der Waals surface area contributed by atoms with Gasteiger partial charge in [0.1, 0.15) is 0 Å². The normalized spacial score (nSPS) is 19.0. The molecule has 1 unspecified atom stereocenters. The summed E-state index contributed by atoms with van der Waals surface area (Å²) in [5, 5.41) is 3.07. The molecule has 0 bridgehead atoms. The minimum Gasteiger partial charge on any atom is -0.311 e. The van der Waals surface area contributed by atoms with Crippen molar-refractivity contribution in [1.29, 1.82) is 0 Å². The van der Waals surface area contributed by atoms with E-state index >= 15 is 0 Å². The third kappa shape index (κ3) is 3.21. The van der Waals surface area contributed by atoms with Crippen LogP contribution in [0, 0.1) is 0 Å². The summed E-state index contributed by atoms with van der Waals surface area (Å²) in [5.74, 6) is 0. The van der Waals surface area contributed by atoms with E-state index in [2.05, 4.69) is 15.2 Å². The fourth-order valence-electron chi connectivity index (χ4n) is 3.26. The average Bonchev–Trinajstić information content (AvgIpc) is 2.93. The van der Waals surface area contributed by atoms with Crippen LogP contribution in [0.15, 0.2) is 18.5 Å². The lowest BCUT2D eigenvalue weighted by Crippen LogP contribution is -2.51. The first-order valence-electron chi connectivity index (χ1n) is 7.22. The molecular formula is C15H22F3N3. The Balaban J connectivity index is 2.42. The van der Waals surface area contributed by atoms with Crippen molar-refractivity contribution in [3.8, 4) is 0 Å². The number of aromatic nitrogens is 1. The smallest absolute Gasteiger partial charge is 0.311 e. The first-order valence-corrected chi connectivity index (χ1v) is 7.22. The van der Waals surface area contributed by atoms with Gasteiger partial charge in [0.05, 0.1) is 11.6 Å². The third-order valence-corrected chi connectivity index (χ3v) is 4.38. The van der Waals surface area contributed by atoms with Crippen LogP contribution in [0.1, 0.15) is 43.9 Å². The second kappa shape index (κ2) is 5.93. The van der Waals surface area contributed by atoms with Crippen molar-refractivity contribution in [3.05, 3.63) is 29.6 Å². The maximum atomic E-state index is 13.2. The van der Waals surface area contributed by atoms with Crippen molar-refractivity contribution in [2.45, 2.75) is 44.4 Å². The van der Waals surface area contributed by atoms with E-state index in [0.717, 1.165) is 32.0 Å². The lowest BCUT2D eigenvalue weighted by atomic mass is 9.85. The first kappa shape index (κ1) is 16.2. The molecule has 1 aromatic heterocycles. The summed E-state index contributed by atoms with van der Waals surface area (Å²) in [4.78, 5) is 6.16. The zero-order valence-corrected chi connectivity index (χ0v) is 12.7. The van der Waals surface area contributed by atoms with E-state index in [0.29, 0.717) is 0 Å². The molecule has 2 rings (SSSR count). The molecule has 0 aliphatic carbocycles. The van der Waals surface area contributed by atoms with Gasteiger partial charge in [-0.3, -0.25) is 9.88 Å². The lowest BCUT2D eigenvalue weighted by Gasteiger charge is -2.42. The number of hydrogen-bond donors (Lipinski definition) is 1. The highest BCUT2D eigenvalue weighted by molar-refractivity contribution is 5.31. The van der Waals surface area contributed by atoms with Crippen molar-refractivity contribution in [2.24, 2.45) is 0 Å². The maximum absolute atomic E-state index is 13.2. The van der Waals surface area contributed by atoms with E-state index in [-0.39, 0.29) is 5.56 Å². The van der Waals surface area contributed by atoms with Gasteiger partial charge in [-0.2, -0.15) is 13.2 Å². The van der Waals surface area contributed by atoms with Gasteiger partial charge < -0.3 is 5.32 Å². The highest BCUT2D eigenvalue weighted by Crippen LogP contribution is 2.39. The number of pyridine rings is 1. The van der Waals surface area contributed by atoms with Crippen molar-refractivity contribution in [3.63, 3.8) is 0 Å². The van der Waals surface area contributed by atoms with E-state index < -0.39 is 23.3 Å². The molecule has 1 aromatic rings. The molecule has 21 heavy (non-hydrogen) atoms. The molecule has 1 N–H and O–H groups in total. The Morgan fingerprint density at radius 3 is 2.38 bits per heavy atom. The predicted molar refractivity (Wildman–Crippen MR) is 75.9 cm³/mol. The van der Waals surface area contributed by atoms with Crippen molar-refractivity contribution in [2.75, 3.05) is 20.1 Å². The van der Waals surface area contributed by atoms with Crippen LogP contribution < -0.4 is 5.32 Å². The van der Waals surface area contributed by atoms with Gasteiger partial charge in [0.15, 0.2) is 0 Å². The third-order valence-electron chi connectivity index (χ3n) is 4.38. The van der Waals surface area contributed by atoms with Gasteiger partial charge in [0, 0.05) is 23.5 Å². The summed E-state index contributed by atoms with van der Waals surface area (Å²) in [7, 11) is 1.70. The van der Waals surface area contributed by atoms with Crippen molar-refractivity contribution < 1.29 is 13.2 Å². The minimum atomic E-state index is -4.37. The van der Waals surface area contributed by atoms with Gasteiger partial charge in [-0.05, 0) is 52.9 Å². The predicted octanol–water partition coefficient (Wildman–Crippen LogP) is 3.24. The van der Waals surface area contributed by atoms with E-state index in [1.54, 1.807) is 7.05 Å². The van der Waals surface area contributed by atoms with E-state index in [4.69, 9.17) is 0 Å². The Hall–Kier alpha value is -1.14. The molecule has 1 fully saturated rings. The van der Waals surface area contributed by atoms with Gasteiger partial charge in [-0.15, -0.1) is 0 Å². The SMILES string of the molecule is CNC(c1cnccc1C(F)(F)F)C(C)(C)N1CCCC1. The van der Waals surface area contributed by atoms with Crippen LogP contribution in [-0.4, -0.2) is 35.6 Å². The van der Waals surface area contributed by atoms with Gasteiger partial charge in [-0.1, -0.05) is 0 Å². The number of nitrogens with zero attached hydrogens (tertiary/aromatic N) is 2. The van der Waals surface area contributed by atoms with Crippen LogP contribution in [0.4, 0.5) is 13.2 Å². The molecule has 6 heteroatoms. The van der Waals surface area contributed by atoms with Gasteiger partial charge in [-0.25, -0.2) is 0 Å². The van der Waals surface area contributed by atoms with E-state index in [1.165, 1.54) is 12.4 Å². The molecule has 0 aromatic carbocycles. The number of nitrogens with one attached hydrogen (secondary N) is 1. The quantitative estimate of drug-likeness (QED) is 0.925. The summed E-state index contributed by atoms with van der Waals surface area (Å²) in [6.45, 7) is 5.83. The molecule has 3 nitrogen and oxygen atoms in total. The number of likely N-dealkylation sites (tertiary alicyclic amines) is 1. The zero-order valence-electron chi connectivity index (χ0n) is 12.7. The molecule has 1 saturated heterocycles. The molecule has 1 aliphatic rings. The Morgan fingerprint density at radius 1 is 1.24 bits per heavy atom. The van der Waals surface area contributed by atoms with Gasteiger partial charge >= 0.3 is 6.18 Å². The largest absolute Gasteiger partial charge is 0.416 e. The molecule has 0 amide bonds. The number of alkyl halides is 3. The fraction of sp³-hybridized carbons (Fsp3) is 0.667. The summed E-state index contributed by atoms with van der Waals surface area (Å²) in [5.41, 5.74) is -0.803. The van der Waals surface area contributed by atoms with Crippen molar-refractivity contribution >= 4 is 0 Å². The molecule has 118 valence electrons. The Morgan fingerprint density at radius 2 is 1.86 bits per heavy atom. The van der Waals surface area contributed by atoms with Crippen molar-refractivity contribution in [1.82, 2.24) is 15.2 Å². The second-order valence-electron chi connectivity index (χ2n) is 6.03. The molecule has 0 saturated carbocycles. The molecule has 1 aliphatic heterocycles. The Bertz CT molecular complexity index is 479. The van der Waals surface area contributed by atoms with Gasteiger partial charge in [0.25, 0.3) is 0 Å². The molecule has 2 heterocycles. The zero-order chi connectivity index (χ0) is 15.7. The molecule has 0 radical (unpaired) electrons. The standard InChI is InChI=1S/C15H22F3N3/c1-14(2,21-8-4-5-9-21)13(19-3)11-10-20-7-6-12(11)15(16,17)18/h6-7,10,13,19H,4-5,8-9H2,1-3H3. The van der Waals surface area contributed by atoms with Crippen LogP contribution in [0.25, 0.3) is 0 Å². The summed E-state index contributed by atoms with van der Waals surface area (Å²) in [6.07, 6.45) is 0.357. The topological polar surface area (TPSA) is 28.2 Å². The molecular weight excluding hydrogens is 279 g/mol. The fourth-order valence-corrected chi connectivity index (χ4v) is 3.26. The summed E-state index contributed by atoms with van der Waals surface area (Å²) >= 11 is 0. The molecule has 0 spiro atoms.